The molecule has 5 nitrogen and oxygen atoms in total. The molecule has 1 aromatic carbocycles. The Labute approximate surface area is 137 Å². The van der Waals surface area contributed by atoms with Crippen LogP contribution in [0.4, 0.5) is 23.0 Å². The van der Waals surface area contributed by atoms with Gasteiger partial charge < -0.3 is 15.5 Å². The zero-order chi connectivity index (χ0) is 15.6. The van der Waals surface area contributed by atoms with E-state index in [4.69, 9.17) is 5.73 Å². The molecule has 2 N–H and O–H groups in total. The maximum Gasteiger partial charge on any atom is 0.161 e. The van der Waals surface area contributed by atoms with Gasteiger partial charge in [-0.3, -0.25) is 0 Å². The van der Waals surface area contributed by atoms with Gasteiger partial charge in [-0.05, 0) is 30.9 Å². The fourth-order valence-corrected chi connectivity index (χ4v) is 3.69. The summed E-state index contributed by atoms with van der Waals surface area (Å²) < 4.78 is 0. The van der Waals surface area contributed by atoms with E-state index in [1.54, 1.807) is 6.33 Å². The Balaban J connectivity index is 1.69. The third-order valence-electron chi connectivity index (χ3n) is 4.89. The van der Waals surface area contributed by atoms with Gasteiger partial charge in [-0.1, -0.05) is 31.0 Å². The highest BCUT2D eigenvalue weighted by Crippen LogP contribution is 2.38. The minimum atomic E-state index is 0.714. The molecule has 0 aliphatic carbocycles. The van der Waals surface area contributed by atoms with Crippen molar-refractivity contribution in [3.8, 4) is 0 Å². The van der Waals surface area contributed by atoms with Gasteiger partial charge in [-0.25, -0.2) is 9.97 Å². The highest BCUT2D eigenvalue weighted by atomic mass is 15.3. The molecule has 3 heterocycles. The van der Waals surface area contributed by atoms with Crippen molar-refractivity contribution in [3.05, 3.63) is 36.2 Å². The van der Waals surface area contributed by atoms with Gasteiger partial charge in [-0.15, -0.1) is 0 Å². The predicted molar refractivity (Wildman–Crippen MR) is 94.3 cm³/mol. The first-order chi connectivity index (χ1) is 11.3. The van der Waals surface area contributed by atoms with Crippen molar-refractivity contribution in [1.29, 1.82) is 0 Å². The average molecular weight is 309 g/mol. The molecule has 0 unspecified atom stereocenters. The van der Waals surface area contributed by atoms with E-state index in [1.807, 2.05) is 0 Å². The van der Waals surface area contributed by atoms with Crippen molar-refractivity contribution >= 4 is 23.0 Å². The molecular weight excluding hydrogens is 286 g/mol. The van der Waals surface area contributed by atoms with Crippen molar-refractivity contribution < 1.29 is 0 Å². The van der Waals surface area contributed by atoms with Gasteiger partial charge in [0.2, 0.25) is 0 Å². The number of fused-ring (bicyclic) bond motifs is 1. The molecule has 1 aromatic heterocycles. The molecule has 0 atom stereocenters. The number of nitrogens with two attached hydrogens (primary N) is 1. The molecule has 2 aliphatic rings. The third kappa shape index (κ3) is 2.60. The summed E-state index contributed by atoms with van der Waals surface area (Å²) >= 11 is 0. The van der Waals surface area contributed by atoms with Crippen molar-refractivity contribution in [3.63, 3.8) is 0 Å². The minimum absolute atomic E-state index is 0.714. The first-order valence-electron chi connectivity index (χ1n) is 8.55. The van der Waals surface area contributed by atoms with Crippen LogP contribution in [0.2, 0.25) is 0 Å². The van der Waals surface area contributed by atoms with Crippen molar-refractivity contribution in [2.24, 2.45) is 0 Å². The molecule has 1 fully saturated rings. The van der Waals surface area contributed by atoms with Gasteiger partial charge in [0.25, 0.3) is 0 Å². The Kier molecular flexibility index (Phi) is 3.77. The topological polar surface area (TPSA) is 58.3 Å². The number of nitrogen functional groups attached to an aromatic ring is 1. The Hall–Kier alpha value is -2.30. The summed E-state index contributed by atoms with van der Waals surface area (Å²) in [6.45, 7) is 3.01. The molecule has 0 radical (unpaired) electrons. The highest BCUT2D eigenvalue weighted by Gasteiger charge is 2.25. The first kappa shape index (κ1) is 14.3. The highest BCUT2D eigenvalue weighted by molar-refractivity contribution is 5.81. The summed E-state index contributed by atoms with van der Waals surface area (Å²) in [5.74, 6) is 1.76. The van der Waals surface area contributed by atoms with Crippen molar-refractivity contribution in [2.75, 3.05) is 35.2 Å². The van der Waals surface area contributed by atoms with E-state index in [0.717, 1.165) is 37.7 Å². The van der Waals surface area contributed by atoms with Gasteiger partial charge in [-0.2, -0.15) is 0 Å². The monoisotopic (exact) mass is 309 g/mol. The summed E-state index contributed by atoms with van der Waals surface area (Å²) in [6, 6.07) is 8.50. The van der Waals surface area contributed by atoms with Crippen molar-refractivity contribution in [1.82, 2.24) is 9.97 Å². The van der Waals surface area contributed by atoms with Gasteiger partial charge in [0.15, 0.2) is 11.6 Å². The molecule has 5 heteroatoms. The Morgan fingerprint density at radius 1 is 0.870 bits per heavy atom. The lowest BCUT2D eigenvalue weighted by Crippen LogP contribution is -2.27. The molecule has 4 rings (SSSR count). The van der Waals surface area contributed by atoms with Crippen LogP contribution in [0.25, 0.3) is 0 Å². The molecular formula is C18H23N5. The smallest absolute Gasteiger partial charge is 0.161 e. The van der Waals surface area contributed by atoms with Crippen LogP contribution < -0.4 is 15.5 Å². The SMILES string of the molecule is Nc1c(N2CCCCCC2)ncnc1N1CCc2ccccc21. The number of nitrogens with zero attached hydrogens (tertiary/aromatic N) is 4. The Morgan fingerprint density at radius 2 is 1.61 bits per heavy atom. The van der Waals surface area contributed by atoms with Gasteiger partial charge in [0.05, 0.1) is 0 Å². The molecule has 2 aliphatic heterocycles. The fourth-order valence-electron chi connectivity index (χ4n) is 3.69. The second-order valence-electron chi connectivity index (χ2n) is 6.37. The van der Waals surface area contributed by atoms with E-state index in [0.29, 0.717) is 5.69 Å². The van der Waals surface area contributed by atoms with Crippen LogP contribution in [-0.4, -0.2) is 29.6 Å². The van der Waals surface area contributed by atoms with Crippen LogP contribution in [-0.2, 0) is 6.42 Å². The molecule has 2 aromatic rings. The lowest BCUT2D eigenvalue weighted by atomic mass is 10.2. The quantitative estimate of drug-likeness (QED) is 0.923. The number of benzene rings is 1. The van der Waals surface area contributed by atoms with Gasteiger partial charge in [0.1, 0.15) is 12.0 Å². The molecule has 1 saturated heterocycles. The molecule has 0 spiro atoms. The zero-order valence-electron chi connectivity index (χ0n) is 13.4. The predicted octanol–water partition coefficient (Wildman–Crippen LogP) is 3.13. The Morgan fingerprint density at radius 3 is 2.43 bits per heavy atom. The fraction of sp³-hybridized carbons (Fsp3) is 0.444. The van der Waals surface area contributed by atoms with Crippen molar-refractivity contribution in [2.45, 2.75) is 32.1 Å². The number of hydrogen-bond donors (Lipinski definition) is 1. The molecule has 0 bridgehead atoms. The second-order valence-corrected chi connectivity index (χ2v) is 6.37. The first-order valence-corrected chi connectivity index (χ1v) is 8.55. The number of para-hydroxylation sites is 1. The summed E-state index contributed by atoms with van der Waals surface area (Å²) in [5, 5.41) is 0. The number of aromatic nitrogens is 2. The van der Waals surface area contributed by atoms with E-state index < -0.39 is 0 Å². The standard InChI is InChI=1S/C18H23N5/c19-16-17(22-10-5-1-2-6-11-22)20-13-21-18(16)23-12-9-14-7-3-4-8-15(14)23/h3-4,7-8,13H,1-2,5-6,9-12,19H2. The average Bonchev–Trinajstić information content (AvgIpc) is 2.82. The van der Waals surface area contributed by atoms with E-state index in [1.165, 1.54) is 36.9 Å². The molecule has 23 heavy (non-hydrogen) atoms. The largest absolute Gasteiger partial charge is 0.393 e. The number of anilines is 4. The molecule has 120 valence electrons. The maximum atomic E-state index is 6.49. The third-order valence-corrected chi connectivity index (χ3v) is 4.89. The maximum absolute atomic E-state index is 6.49. The number of rotatable bonds is 2. The van der Waals surface area contributed by atoms with Crippen LogP contribution in [0.3, 0.4) is 0 Å². The minimum Gasteiger partial charge on any atom is -0.393 e. The van der Waals surface area contributed by atoms with E-state index in [9.17, 15) is 0 Å². The van der Waals surface area contributed by atoms with Crippen LogP contribution >= 0.6 is 0 Å². The summed E-state index contributed by atoms with van der Waals surface area (Å²) in [6.07, 6.45) is 7.73. The Bertz CT molecular complexity index is 692. The van der Waals surface area contributed by atoms with E-state index in [-0.39, 0.29) is 0 Å². The van der Waals surface area contributed by atoms with E-state index in [2.05, 4.69) is 44.0 Å². The van der Waals surface area contributed by atoms with Crippen LogP contribution in [0, 0.1) is 0 Å². The molecule has 0 amide bonds. The number of hydrogen-bond acceptors (Lipinski definition) is 5. The lowest BCUT2D eigenvalue weighted by Gasteiger charge is -2.26. The summed E-state index contributed by atoms with van der Waals surface area (Å²) in [4.78, 5) is 13.6. The van der Waals surface area contributed by atoms with Gasteiger partial charge in [0, 0.05) is 25.3 Å². The van der Waals surface area contributed by atoms with Crippen LogP contribution in [0.5, 0.6) is 0 Å². The molecule has 0 saturated carbocycles. The lowest BCUT2D eigenvalue weighted by molar-refractivity contribution is 0.726. The second kappa shape index (κ2) is 6.07. The zero-order valence-corrected chi connectivity index (χ0v) is 13.4. The normalized spacial score (nSPS) is 17.9. The summed E-state index contributed by atoms with van der Waals surface area (Å²) in [7, 11) is 0. The summed E-state index contributed by atoms with van der Waals surface area (Å²) in [5.41, 5.74) is 9.79. The van der Waals surface area contributed by atoms with Crippen LogP contribution in [0.15, 0.2) is 30.6 Å². The van der Waals surface area contributed by atoms with Gasteiger partial charge >= 0.3 is 0 Å². The van der Waals surface area contributed by atoms with E-state index >= 15 is 0 Å². The van der Waals surface area contributed by atoms with Crippen LogP contribution in [0.1, 0.15) is 31.2 Å².